The van der Waals surface area contributed by atoms with Crippen LogP contribution in [0.1, 0.15) is 19.8 Å². The van der Waals surface area contributed by atoms with E-state index in [9.17, 15) is 4.79 Å². The second kappa shape index (κ2) is 2.81. The molecule has 0 unspecified atom stereocenters. The molecule has 3 nitrogen and oxygen atoms in total. The molecule has 1 amide bonds. The summed E-state index contributed by atoms with van der Waals surface area (Å²) in [6, 6.07) is 0. The molecule has 0 aromatic heterocycles. The third kappa shape index (κ3) is 2.89. The first-order valence-electron chi connectivity index (χ1n) is 3.98. The second-order valence-corrected chi connectivity index (χ2v) is 3.85. The van der Waals surface area contributed by atoms with E-state index in [1.165, 1.54) is 0 Å². The first-order valence-corrected chi connectivity index (χ1v) is 3.98. The number of nitrogens with zero attached hydrogens (tertiary/aromatic N) is 1. The molecule has 0 aromatic carbocycles. The smallest absolute Gasteiger partial charge is 0.234 e. The van der Waals surface area contributed by atoms with Gasteiger partial charge in [0.25, 0.3) is 0 Å². The van der Waals surface area contributed by atoms with Gasteiger partial charge in [-0.1, -0.05) is 0 Å². The topological polar surface area (TPSA) is 32.3 Å². The summed E-state index contributed by atoms with van der Waals surface area (Å²) in [6.07, 6.45) is 2.26. The lowest BCUT2D eigenvalue weighted by atomic mass is 10.3. The third-order valence-electron chi connectivity index (χ3n) is 1.90. The van der Waals surface area contributed by atoms with Crippen molar-refractivity contribution in [2.24, 2.45) is 0 Å². The summed E-state index contributed by atoms with van der Waals surface area (Å²) in [5.74, 6) is 0.134. The zero-order valence-corrected chi connectivity index (χ0v) is 7.48. The van der Waals surface area contributed by atoms with Gasteiger partial charge in [-0.05, 0) is 33.9 Å². The standard InChI is InChI=1S/C8H16N2O/c1-8(4-5-8)9-7(11)6-10(2)3/h4-6H2,1-3H3,(H,9,11). The van der Waals surface area contributed by atoms with E-state index < -0.39 is 0 Å². The van der Waals surface area contributed by atoms with Gasteiger partial charge < -0.3 is 10.2 Å². The van der Waals surface area contributed by atoms with Crippen LogP contribution in [0, 0.1) is 0 Å². The van der Waals surface area contributed by atoms with E-state index in [1.54, 1.807) is 0 Å². The molecule has 0 spiro atoms. The Morgan fingerprint density at radius 1 is 1.55 bits per heavy atom. The Hall–Kier alpha value is -0.570. The van der Waals surface area contributed by atoms with Crippen molar-refractivity contribution in [2.45, 2.75) is 25.3 Å². The molecule has 1 fully saturated rings. The van der Waals surface area contributed by atoms with Gasteiger partial charge in [0.2, 0.25) is 5.91 Å². The number of amides is 1. The van der Waals surface area contributed by atoms with Crippen LogP contribution in [0.5, 0.6) is 0 Å². The number of hydrogen-bond acceptors (Lipinski definition) is 2. The maximum absolute atomic E-state index is 11.2. The molecule has 0 aromatic rings. The summed E-state index contributed by atoms with van der Waals surface area (Å²) in [6.45, 7) is 2.58. The van der Waals surface area contributed by atoms with Gasteiger partial charge in [0.05, 0.1) is 6.54 Å². The minimum Gasteiger partial charge on any atom is -0.350 e. The minimum absolute atomic E-state index is 0.132. The fourth-order valence-corrected chi connectivity index (χ4v) is 0.976. The molecule has 1 aliphatic carbocycles. The molecule has 1 rings (SSSR count). The van der Waals surface area contributed by atoms with E-state index >= 15 is 0 Å². The maximum atomic E-state index is 11.2. The molecule has 1 saturated carbocycles. The summed E-state index contributed by atoms with van der Waals surface area (Å²) in [7, 11) is 3.80. The molecule has 0 atom stereocenters. The molecule has 1 aliphatic rings. The summed E-state index contributed by atoms with van der Waals surface area (Å²) < 4.78 is 0. The lowest BCUT2D eigenvalue weighted by Crippen LogP contribution is -2.39. The largest absolute Gasteiger partial charge is 0.350 e. The molecule has 0 aliphatic heterocycles. The van der Waals surface area contributed by atoms with E-state index in [2.05, 4.69) is 12.2 Å². The number of carbonyl (C=O) groups excluding carboxylic acids is 1. The Morgan fingerprint density at radius 3 is 2.45 bits per heavy atom. The van der Waals surface area contributed by atoms with E-state index in [0.29, 0.717) is 6.54 Å². The quantitative estimate of drug-likeness (QED) is 0.634. The average molecular weight is 156 g/mol. The molecule has 1 N–H and O–H groups in total. The van der Waals surface area contributed by atoms with Crippen LogP contribution < -0.4 is 5.32 Å². The van der Waals surface area contributed by atoms with Crippen molar-refractivity contribution in [3.05, 3.63) is 0 Å². The maximum Gasteiger partial charge on any atom is 0.234 e. The molecule has 0 saturated heterocycles. The highest BCUT2D eigenvalue weighted by Gasteiger charge is 2.38. The highest BCUT2D eigenvalue weighted by atomic mass is 16.2. The number of likely N-dealkylation sites (N-methyl/N-ethyl adjacent to an activating group) is 1. The van der Waals surface area contributed by atoms with Crippen LogP contribution in [0.3, 0.4) is 0 Å². The Morgan fingerprint density at radius 2 is 2.09 bits per heavy atom. The predicted octanol–water partition coefficient (Wildman–Crippen LogP) is 0.217. The van der Waals surface area contributed by atoms with Crippen molar-refractivity contribution in [3.8, 4) is 0 Å². The van der Waals surface area contributed by atoms with E-state index in [4.69, 9.17) is 0 Å². The first kappa shape index (κ1) is 8.53. The van der Waals surface area contributed by atoms with Crippen molar-refractivity contribution in [1.29, 1.82) is 0 Å². The highest BCUT2D eigenvalue weighted by molar-refractivity contribution is 5.79. The van der Waals surface area contributed by atoms with Crippen LogP contribution in [-0.2, 0) is 4.79 Å². The Labute approximate surface area is 67.8 Å². The summed E-state index contributed by atoms with van der Waals surface area (Å²) >= 11 is 0. The SMILES string of the molecule is CN(C)CC(=O)NC1(C)CC1. The molecular formula is C8H16N2O. The number of carbonyl (C=O) groups is 1. The zero-order valence-electron chi connectivity index (χ0n) is 7.48. The molecule has 0 bridgehead atoms. The normalized spacial score (nSPS) is 20.0. The summed E-state index contributed by atoms with van der Waals surface area (Å²) in [5, 5.41) is 2.98. The van der Waals surface area contributed by atoms with Gasteiger partial charge in [0.15, 0.2) is 0 Å². The average Bonchev–Trinajstić information content (AvgIpc) is 2.44. The van der Waals surface area contributed by atoms with Gasteiger partial charge in [-0.3, -0.25) is 4.79 Å². The highest BCUT2D eigenvalue weighted by Crippen LogP contribution is 2.33. The van der Waals surface area contributed by atoms with Gasteiger partial charge in [-0.2, -0.15) is 0 Å². The predicted molar refractivity (Wildman–Crippen MR) is 44.3 cm³/mol. The zero-order chi connectivity index (χ0) is 8.48. The van der Waals surface area contributed by atoms with Gasteiger partial charge in [0.1, 0.15) is 0 Å². The van der Waals surface area contributed by atoms with Crippen LogP contribution in [0.15, 0.2) is 0 Å². The van der Waals surface area contributed by atoms with Crippen molar-refractivity contribution < 1.29 is 4.79 Å². The van der Waals surface area contributed by atoms with Crippen molar-refractivity contribution in [3.63, 3.8) is 0 Å². The Balaban J connectivity index is 2.21. The van der Waals surface area contributed by atoms with Gasteiger partial charge in [-0.25, -0.2) is 0 Å². The molecule has 64 valence electrons. The molecule has 3 heteroatoms. The molecule has 0 heterocycles. The lowest BCUT2D eigenvalue weighted by Gasteiger charge is -2.14. The summed E-state index contributed by atoms with van der Waals surface area (Å²) in [4.78, 5) is 13.0. The van der Waals surface area contributed by atoms with Crippen LogP contribution in [0.4, 0.5) is 0 Å². The first-order chi connectivity index (χ1) is 5.02. The van der Waals surface area contributed by atoms with E-state index in [1.807, 2.05) is 19.0 Å². The molecule has 0 radical (unpaired) electrons. The van der Waals surface area contributed by atoms with Crippen LogP contribution >= 0.6 is 0 Å². The van der Waals surface area contributed by atoms with Gasteiger partial charge in [0, 0.05) is 5.54 Å². The van der Waals surface area contributed by atoms with Crippen LogP contribution in [0.2, 0.25) is 0 Å². The van der Waals surface area contributed by atoms with Crippen LogP contribution in [-0.4, -0.2) is 37.0 Å². The number of hydrogen-bond donors (Lipinski definition) is 1. The molecule has 11 heavy (non-hydrogen) atoms. The minimum atomic E-state index is 0.132. The fraction of sp³-hybridized carbons (Fsp3) is 0.875. The Bertz CT molecular complexity index is 161. The van der Waals surface area contributed by atoms with Crippen molar-refractivity contribution in [1.82, 2.24) is 10.2 Å². The van der Waals surface area contributed by atoms with E-state index in [0.717, 1.165) is 12.8 Å². The van der Waals surface area contributed by atoms with Crippen molar-refractivity contribution in [2.75, 3.05) is 20.6 Å². The molecular weight excluding hydrogens is 140 g/mol. The van der Waals surface area contributed by atoms with Gasteiger partial charge >= 0.3 is 0 Å². The monoisotopic (exact) mass is 156 g/mol. The lowest BCUT2D eigenvalue weighted by molar-refractivity contribution is -0.122. The number of rotatable bonds is 3. The second-order valence-electron chi connectivity index (χ2n) is 3.85. The fourth-order valence-electron chi connectivity index (χ4n) is 0.976. The van der Waals surface area contributed by atoms with E-state index in [-0.39, 0.29) is 11.4 Å². The van der Waals surface area contributed by atoms with Crippen molar-refractivity contribution >= 4 is 5.91 Å². The third-order valence-corrected chi connectivity index (χ3v) is 1.90. The Kier molecular flexibility index (Phi) is 2.18. The number of nitrogens with one attached hydrogen (secondary N) is 1. The summed E-state index contributed by atoms with van der Waals surface area (Å²) in [5.41, 5.74) is 0.132. The van der Waals surface area contributed by atoms with Crippen LogP contribution in [0.25, 0.3) is 0 Å². The van der Waals surface area contributed by atoms with Gasteiger partial charge in [-0.15, -0.1) is 0 Å².